The summed E-state index contributed by atoms with van der Waals surface area (Å²) in [6, 6.07) is 0. The van der Waals surface area contributed by atoms with Crippen LogP contribution in [-0.2, 0) is 19.4 Å². The normalized spacial score (nSPS) is 32.7. The molecule has 1 saturated heterocycles. The van der Waals surface area contributed by atoms with E-state index in [2.05, 4.69) is 9.44 Å². The van der Waals surface area contributed by atoms with Crippen molar-refractivity contribution in [2.24, 2.45) is 5.16 Å². The number of ether oxygens (including phenoxy) is 1. The molecule has 24 heavy (non-hydrogen) atoms. The molecule has 5 atom stereocenters. The van der Waals surface area contributed by atoms with Gasteiger partial charge in [-0.3, -0.25) is 4.28 Å². The minimum Gasteiger partial charge on any atom is -0.714 e. The molecule has 0 aromatic heterocycles. The van der Waals surface area contributed by atoms with Crippen molar-refractivity contribution in [3.05, 3.63) is 0 Å². The summed E-state index contributed by atoms with van der Waals surface area (Å²) in [6.07, 6.45) is -6.24. The summed E-state index contributed by atoms with van der Waals surface area (Å²) in [6.45, 7) is 2.11. The number of rotatable bonds is 6. The maximum atomic E-state index is 10.5. The molecule has 0 amide bonds. The third-order valence-electron chi connectivity index (χ3n) is 2.91. The van der Waals surface area contributed by atoms with Gasteiger partial charge in [0, 0.05) is 6.42 Å². The maximum Gasteiger partial charge on any atom is 0.284 e. The third-order valence-corrected chi connectivity index (χ3v) is 4.29. The van der Waals surface area contributed by atoms with Gasteiger partial charge in [-0.2, -0.15) is 8.42 Å². The lowest BCUT2D eigenvalue weighted by Gasteiger charge is -2.39. The molecule has 1 heterocycles. The Morgan fingerprint density at radius 3 is 2.33 bits per heavy atom. The van der Waals surface area contributed by atoms with Gasteiger partial charge < -0.3 is 34.8 Å². The first-order valence-electron chi connectivity index (χ1n) is 6.75. The van der Waals surface area contributed by atoms with Gasteiger partial charge in [-0.05, 0) is 13.8 Å². The van der Waals surface area contributed by atoms with E-state index >= 15 is 0 Å². The second-order valence-electron chi connectivity index (χ2n) is 5.77. The Balaban J connectivity index is 2.95. The second kappa shape index (κ2) is 8.25. The first kappa shape index (κ1) is 21.5. The highest BCUT2D eigenvalue weighted by molar-refractivity contribution is 8.14. The van der Waals surface area contributed by atoms with Crippen LogP contribution in [0, 0.1) is 0 Å². The molecule has 1 rings (SSSR count). The molecule has 1 aliphatic heterocycles. The summed E-state index contributed by atoms with van der Waals surface area (Å²) in [7, 11) is -5.13. The Morgan fingerprint density at radius 2 is 1.88 bits per heavy atom. The molecule has 1 aliphatic rings. The van der Waals surface area contributed by atoms with Crippen molar-refractivity contribution < 1.29 is 47.5 Å². The molecule has 5 unspecified atom stereocenters. The van der Waals surface area contributed by atoms with Gasteiger partial charge in [-0.1, -0.05) is 16.9 Å². The fourth-order valence-electron chi connectivity index (χ4n) is 1.85. The van der Waals surface area contributed by atoms with Gasteiger partial charge >= 0.3 is 0 Å². The monoisotopic (exact) mass is 390 g/mol. The predicted molar refractivity (Wildman–Crippen MR) is 80.5 cm³/mol. The minimum absolute atomic E-state index is 0.216. The summed E-state index contributed by atoms with van der Waals surface area (Å²) >= 11 is 0.573. The van der Waals surface area contributed by atoms with E-state index in [9.17, 15) is 33.4 Å². The molecule has 0 radical (unpaired) electrons. The van der Waals surface area contributed by atoms with E-state index in [0.29, 0.717) is 11.8 Å². The predicted octanol–water partition coefficient (Wildman–Crippen LogP) is -2.53. The Labute approximate surface area is 142 Å². The Kier molecular flexibility index (Phi) is 7.40. The highest BCUT2D eigenvalue weighted by Crippen LogP contribution is 2.31. The molecular formula is C11H20NO10S2-. The maximum absolute atomic E-state index is 10.5. The number of hydrogen-bond acceptors (Lipinski definition) is 12. The van der Waals surface area contributed by atoms with Gasteiger partial charge in [0.2, 0.25) is 0 Å². The smallest absolute Gasteiger partial charge is 0.284 e. The number of nitrogens with zero attached hydrogens (tertiary/aromatic N) is 1. The standard InChI is InChI=1S/C11H21NO10S2/c1-11(2,17)3-6(12-22-24(18,19)20)23-10-9(16)8(15)7(14)5(4-13)21-10/h5,7-10,13-17H,3-4H2,1-2H3,(H,18,19,20)/p-1. The first-order valence-corrected chi connectivity index (χ1v) is 8.96. The number of aliphatic hydroxyl groups is 5. The van der Waals surface area contributed by atoms with Gasteiger partial charge in [-0.25, -0.2) is 0 Å². The summed E-state index contributed by atoms with van der Waals surface area (Å²) in [5, 5.41) is 51.1. The van der Waals surface area contributed by atoms with E-state index in [-0.39, 0.29) is 11.5 Å². The van der Waals surface area contributed by atoms with E-state index in [1.54, 1.807) is 0 Å². The molecule has 0 aromatic rings. The fourth-order valence-corrected chi connectivity index (χ4v) is 3.36. The zero-order valence-electron chi connectivity index (χ0n) is 12.8. The highest BCUT2D eigenvalue weighted by Gasteiger charge is 2.44. The average Bonchev–Trinajstić information content (AvgIpc) is 2.43. The van der Waals surface area contributed by atoms with Crippen LogP contribution >= 0.6 is 11.8 Å². The van der Waals surface area contributed by atoms with E-state index in [1.165, 1.54) is 13.8 Å². The Hall–Kier alpha value is -0.510. The topological polar surface area (TPSA) is 189 Å². The van der Waals surface area contributed by atoms with Gasteiger partial charge in [0.15, 0.2) is 0 Å². The van der Waals surface area contributed by atoms with E-state index < -0.39 is 52.5 Å². The molecule has 11 nitrogen and oxygen atoms in total. The van der Waals surface area contributed by atoms with Crippen molar-refractivity contribution in [2.75, 3.05) is 6.61 Å². The summed E-state index contributed by atoms with van der Waals surface area (Å²) in [5.41, 5.74) is -2.63. The van der Waals surface area contributed by atoms with Crippen molar-refractivity contribution in [3.63, 3.8) is 0 Å². The third kappa shape index (κ3) is 6.78. The quantitative estimate of drug-likeness (QED) is 0.106. The van der Waals surface area contributed by atoms with Crippen molar-refractivity contribution in [3.8, 4) is 0 Å². The summed E-state index contributed by atoms with van der Waals surface area (Å²) in [4.78, 5) is 0. The van der Waals surface area contributed by atoms with Crippen molar-refractivity contribution in [2.45, 2.75) is 55.7 Å². The highest BCUT2D eigenvalue weighted by atomic mass is 32.3. The molecule has 0 bridgehead atoms. The SMILES string of the molecule is CC(C)(O)CC(=NOS(=O)(=O)[O-])SC1OC(CO)C(O)C(O)C1O. The van der Waals surface area contributed by atoms with Gasteiger partial charge in [0.05, 0.1) is 12.2 Å². The number of thioether (sulfide) groups is 1. The molecule has 0 spiro atoms. The average molecular weight is 390 g/mol. The van der Waals surface area contributed by atoms with Gasteiger partial charge in [-0.15, -0.1) is 0 Å². The van der Waals surface area contributed by atoms with E-state index in [4.69, 9.17) is 9.84 Å². The van der Waals surface area contributed by atoms with E-state index in [0.717, 1.165) is 0 Å². The molecule has 13 heteroatoms. The zero-order valence-corrected chi connectivity index (χ0v) is 14.5. The molecule has 5 N–H and O–H groups in total. The van der Waals surface area contributed by atoms with Crippen LogP contribution in [0.1, 0.15) is 20.3 Å². The minimum atomic E-state index is -5.13. The van der Waals surface area contributed by atoms with Crippen molar-refractivity contribution in [1.82, 2.24) is 0 Å². The van der Waals surface area contributed by atoms with Crippen molar-refractivity contribution in [1.29, 1.82) is 0 Å². The number of hydrogen-bond donors (Lipinski definition) is 5. The van der Waals surface area contributed by atoms with Crippen LogP contribution < -0.4 is 0 Å². The molecule has 1 fully saturated rings. The molecule has 0 aliphatic carbocycles. The van der Waals surface area contributed by atoms with Crippen LogP contribution in [0.15, 0.2) is 5.16 Å². The zero-order chi connectivity index (χ0) is 18.7. The van der Waals surface area contributed by atoms with Crippen LogP contribution in [0.5, 0.6) is 0 Å². The molecule has 0 aromatic carbocycles. The van der Waals surface area contributed by atoms with Crippen LogP contribution in [0.4, 0.5) is 0 Å². The number of aliphatic hydroxyl groups excluding tert-OH is 4. The van der Waals surface area contributed by atoms with Crippen LogP contribution in [0.2, 0.25) is 0 Å². The lowest BCUT2D eigenvalue weighted by atomic mass is 10.0. The number of oxime groups is 1. The van der Waals surface area contributed by atoms with Gasteiger partial charge in [0.1, 0.15) is 34.9 Å². The fraction of sp³-hybridized carbons (Fsp3) is 0.909. The van der Waals surface area contributed by atoms with Crippen molar-refractivity contribution >= 4 is 27.2 Å². The summed E-state index contributed by atoms with van der Waals surface area (Å²) < 4.78 is 40.5. The van der Waals surface area contributed by atoms with Crippen LogP contribution in [0.25, 0.3) is 0 Å². The molecular weight excluding hydrogens is 370 g/mol. The summed E-state index contributed by atoms with van der Waals surface area (Å²) in [5.74, 6) is 0. The van der Waals surface area contributed by atoms with Crippen LogP contribution in [0.3, 0.4) is 0 Å². The van der Waals surface area contributed by atoms with Gasteiger partial charge in [0.25, 0.3) is 10.4 Å². The largest absolute Gasteiger partial charge is 0.714 e. The lowest BCUT2D eigenvalue weighted by molar-refractivity contribution is -0.205. The first-order chi connectivity index (χ1) is 10.8. The molecule has 0 saturated carbocycles. The Bertz CT molecular complexity index is 543. The van der Waals surface area contributed by atoms with Crippen LogP contribution in [-0.4, -0.2) is 85.6 Å². The lowest BCUT2D eigenvalue weighted by Crippen LogP contribution is -2.57. The molecule has 142 valence electrons. The Morgan fingerprint density at radius 1 is 1.29 bits per heavy atom. The van der Waals surface area contributed by atoms with E-state index in [1.807, 2.05) is 0 Å². The second-order valence-corrected chi connectivity index (χ2v) is 7.91.